The SMILES string of the molecule is O=C(ON1C(=O)C2C3C=CC(C3)C2C1=O)c1c(I)cc(I)c(O)c1I. The number of hydroxylamine groups is 2. The van der Waals surface area contributed by atoms with E-state index in [0.717, 1.165) is 6.42 Å². The lowest BCUT2D eigenvalue weighted by Gasteiger charge is -2.17. The minimum absolute atomic E-state index is 0.0215. The first-order chi connectivity index (χ1) is 11.8. The molecule has 1 saturated carbocycles. The number of phenols is 1. The minimum atomic E-state index is -0.817. The Balaban J connectivity index is 1.62. The van der Waals surface area contributed by atoms with Gasteiger partial charge in [0.2, 0.25) is 0 Å². The molecule has 0 spiro atoms. The molecule has 4 atom stereocenters. The maximum absolute atomic E-state index is 12.6. The Morgan fingerprint density at radius 1 is 1.08 bits per heavy atom. The lowest BCUT2D eigenvalue weighted by molar-refractivity contribution is -0.175. The second-order valence-corrected chi connectivity index (χ2v) is 9.63. The predicted octanol–water partition coefficient (Wildman–Crippen LogP) is 3.08. The van der Waals surface area contributed by atoms with Gasteiger partial charge in [0.05, 0.1) is 24.5 Å². The highest BCUT2D eigenvalue weighted by molar-refractivity contribution is 14.1. The van der Waals surface area contributed by atoms with Gasteiger partial charge in [0, 0.05) is 3.57 Å². The minimum Gasteiger partial charge on any atom is -0.506 e. The van der Waals surface area contributed by atoms with Crippen molar-refractivity contribution in [2.45, 2.75) is 6.42 Å². The van der Waals surface area contributed by atoms with Crippen molar-refractivity contribution in [3.8, 4) is 5.75 Å². The highest BCUT2D eigenvalue weighted by Gasteiger charge is 2.61. The number of nitrogens with zero attached hydrogens (tertiary/aromatic N) is 1. The number of hydrogen-bond donors (Lipinski definition) is 1. The van der Waals surface area contributed by atoms with Crippen molar-refractivity contribution in [1.29, 1.82) is 0 Å². The van der Waals surface area contributed by atoms with Gasteiger partial charge < -0.3 is 9.94 Å². The topological polar surface area (TPSA) is 83.9 Å². The molecule has 4 rings (SSSR count). The van der Waals surface area contributed by atoms with Crippen LogP contribution in [-0.2, 0) is 14.4 Å². The molecule has 2 bridgehead atoms. The average Bonchev–Trinajstić information content (AvgIpc) is 3.22. The fraction of sp³-hybridized carbons (Fsp3) is 0.312. The van der Waals surface area contributed by atoms with E-state index in [9.17, 15) is 19.5 Å². The van der Waals surface area contributed by atoms with Gasteiger partial charge in [-0.05, 0) is 92.1 Å². The van der Waals surface area contributed by atoms with Gasteiger partial charge in [0.1, 0.15) is 5.75 Å². The van der Waals surface area contributed by atoms with E-state index in [1.54, 1.807) is 6.07 Å². The van der Waals surface area contributed by atoms with Crippen LogP contribution in [-0.4, -0.2) is 28.0 Å². The molecular weight excluding hydrogens is 667 g/mol. The number of carbonyl (C=O) groups is 3. The molecule has 4 unspecified atom stereocenters. The molecule has 2 fully saturated rings. The number of allylic oxidation sites excluding steroid dienone is 2. The largest absolute Gasteiger partial charge is 0.506 e. The second kappa shape index (κ2) is 6.32. The lowest BCUT2D eigenvalue weighted by atomic mass is 9.85. The zero-order valence-corrected chi connectivity index (χ0v) is 18.9. The summed E-state index contributed by atoms with van der Waals surface area (Å²) in [5, 5.41) is 10.7. The quantitative estimate of drug-likeness (QED) is 0.296. The standard InChI is InChI=1S/C16H10I3NO5/c17-7-4-8(18)13(21)12(19)11(7)16(24)25-20-14(22)9-5-1-2-6(3-5)10(9)15(20)23/h1-2,4-6,9-10,21H,3H2. The van der Waals surface area contributed by atoms with Crippen molar-refractivity contribution in [3.63, 3.8) is 0 Å². The van der Waals surface area contributed by atoms with Gasteiger partial charge in [-0.25, -0.2) is 4.79 Å². The molecule has 1 aromatic carbocycles. The van der Waals surface area contributed by atoms with Crippen molar-refractivity contribution in [2.75, 3.05) is 0 Å². The Hall–Kier alpha value is -0.440. The van der Waals surface area contributed by atoms with Crippen molar-refractivity contribution in [3.05, 3.63) is 34.5 Å². The molecule has 1 aliphatic heterocycles. The summed E-state index contributed by atoms with van der Waals surface area (Å²) in [7, 11) is 0. The third-order valence-electron chi connectivity index (χ3n) is 4.95. The maximum Gasteiger partial charge on any atom is 0.366 e. The van der Waals surface area contributed by atoms with Crippen molar-refractivity contribution in [2.24, 2.45) is 23.7 Å². The van der Waals surface area contributed by atoms with Crippen LogP contribution < -0.4 is 0 Å². The molecule has 0 radical (unpaired) electrons. The number of rotatable bonds is 2. The van der Waals surface area contributed by atoms with Gasteiger partial charge in [0.25, 0.3) is 11.8 Å². The molecule has 3 aliphatic rings. The summed E-state index contributed by atoms with van der Waals surface area (Å²) < 4.78 is 1.52. The number of fused-ring (bicyclic) bond motifs is 5. The van der Waals surface area contributed by atoms with Gasteiger partial charge in [-0.15, -0.1) is 5.06 Å². The summed E-state index contributed by atoms with van der Waals surface area (Å²) in [5.41, 5.74) is 0.151. The first kappa shape index (κ1) is 17.9. The Morgan fingerprint density at radius 2 is 1.64 bits per heavy atom. The first-order valence-corrected chi connectivity index (χ1v) is 10.7. The third kappa shape index (κ3) is 2.63. The molecule has 1 saturated heterocycles. The van der Waals surface area contributed by atoms with Crippen LogP contribution in [0.3, 0.4) is 0 Å². The third-order valence-corrected chi connectivity index (χ3v) is 7.68. The van der Waals surface area contributed by atoms with E-state index in [4.69, 9.17) is 4.84 Å². The van der Waals surface area contributed by atoms with Crippen LogP contribution in [0.25, 0.3) is 0 Å². The Kier molecular flexibility index (Phi) is 4.54. The molecule has 2 amide bonds. The van der Waals surface area contributed by atoms with Crippen LogP contribution in [0.1, 0.15) is 16.8 Å². The molecule has 2 aliphatic carbocycles. The van der Waals surface area contributed by atoms with Crippen LogP contribution in [0, 0.1) is 34.4 Å². The fourth-order valence-corrected chi connectivity index (χ4v) is 7.67. The molecule has 6 nitrogen and oxygen atoms in total. The Labute approximate surface area is 183 Å². The Morgan fingerprint density at radius 3 is 2.20 bits per heavy atom. The van der Waals surface area contributed by atoms with E-state index in [2.05, 4.69) is 0 Å². The van der Waals surface area contributed by atoms with Crippen molar-refractivity contribution in [1.82, 2.24) is 5.06 Å². The van der Waals surface area contributed by atoms with Crippen LogP contribution in [0.15, 0.2) is 18.2 Å². The molecular formula is C16H10I3NO5. The monoisotopic (exact) mass is 677 g/mol. The van der Waals surface area contributed by atoms with Gasteiger partial charge in [-0.2, -0.15) is 0 Å². The van der Waals surface area contributed by atoms with Gasteiger partial charge >= 0.3 is 5.97 Å². The van der Waals surface area contributed by atoms with E-state index in [-0.39, 0.29) is 23.1 Å². The maximum atomic E-state index is 12.6. The number of phenolic OH excluding ortho intramolecular Hbond substituents is 1. The molecule has 1 N–H and O–H groups in total. The number of carbonyl (C=O) groups excluding carboxylic acids is 3. The van der Waals surface area contributed by atoms with Gasteiger partial charge in [-0.1, -0.05) is 12.2 Å². The molecule has 9 heteroatoms. The molecule has 130 valence electrons. The van der Waals surface area contributed by atoms with Crippen LogP contribution in [0.5, 0.6) is 5.75 Å². The normalized spacial score (nSPS) is 29.5. The summed E-state index contributed by atoms with van der Waals surface area (Å²) in [4.78, 5) is 42.9. The fourth-order valence-electron chi connectivity index (χ4n) is 3.86. The number of imide groups is 1. The zero-order chi connectivity index (χ0) is 18.0. The summed E-state index contributed by atoms with van der Waals surface area (Å²) in [6.45, 7) is 0. The number of hydrogen-bond acceptors (Lipinski definition) is 5. The number of aromatic hydroxyl groups is 1. The van der Waals surface area contributed by atoms with E-state index >= 15 is 0 Å². The smallest absolute Gasteiger partial charge is 0.366 e. The van der Waals surface area contributed by atoms with E-state index in [1.165, 1.54) is 0 Å². The number of amides is 2. The molecule has 0 aromatic heterocycles. The molecule has 25 heavy (non-hydrogen) atoms. The van der Waals surface area contributed by atoms with E-state index in [1.807, 2.05) is 79.9 Å². The van der Waals surface area contributed by atoms with E-state index < -0.39 is 29.6 Å². The van der Waals surface area contributed by atoms with Gasteiger partial charge in [-0.3, -0.25) is 9.59 Å². The van der Waals surface area contributed by atoms with Crippen LogP contribution >= 0.6 is 67.8 Å². The second-order valence-electron chi connectivity index (χ2n) is 6.23. The number of benzene rings is 1. The zero-order valence-electron chi connectivity index (χ0n) is 12.4. The predicted molar refractivity (Wildman–Crippen MR) is 111 cm³/mol. The molecule has 1 aromatic rings. The average molecular weight is 677 g/mol. The highest BCUT2D eigenvalue weighted by atomic mass is 127. The van der Waals surface area contributed by atoms with E-state index in [0.29, 0.717) is 15.8 Å². The van der Waals surface area contributed by atoms with Gasteiger partial charge in [0.15, 0.2) is 0 Å². The lowest BCUT2D eigenvalue weighted by Crippen LogP contribution is -2.35. The summed E-state index contributed by atoms with van der Waals surface area (Å²) in [5.74, 6) is -2.46. The number of halogens is 3. The van der Waals surface area contributed by atoms with Crippen molar-refractivity contribution >= 4 is 85.6 Å². The van der Waals surface area contributed by atoms with Crippen LogP contribution in [0.4, 0.5) is 0 Å². The summed E-state index contributed by atoms with van der Waals surface area (Å²) >= 11 is 5.78. The van der Waals surface area contributed by atoms with Crippen LogP contribution in [0.2, 0.25) is 0 Å². The van der Waals surface area contributed by atoms with Crippen molar-refractivity contribution < 1.29 is 24.3 Å². The summed E-state index contributed by atoms with van der Waals surface area (Å²) in [6.07, 6.45) is 4.77. The Bertz CT molecular complexity index is 838. The molecule has 1 heterocycles. The first-order valence-electron chi connectivity index (χ1n) is 7.46. The highest BCUT2D eigenvalue weighted by Crippen LogP contribution is 2.52. The summed E-state index contributed by atoms with van der Waals surface area (Å²) in [6, 6.07) is 1.64.